The molecule has 112 valence electrons. The van der Waals surface area contributed by atoms with Crippen LogP contribution >= 0.6 is 0 Å². The van der Waals surface area contributed by atoms with Crippen LogP contribution in [0.1, 0.15) is 51.9 Å². The minimum Gasteiger partial charge on any atom is -0.353 e. The molecular weight excluding hydrogens is 252 g/mol. The van der Waals surface area contributed by atoms with Crippen molar-refractivity contribution in [1.82, 2.24) is 10.2 Å². The van der Waals surface area contributed by atoms with Crippen molar-refractivity contribution in [3.05, 3.63) is 0 Å². The molecule has 0 spiro atoms. The van der Waals surface area contributed by atoms with E-state index in [1.807, 2.05) is 0 Å². The van der Waals surface area contributed by atoms with E-state index in [4.69, 9.17) is 0 Å². The highest BCUT2D eigenvalue weighted by atomic mass is 16.2. The topological polar surface area (TPSA) is 49.4 Å². The molecule has 2 unspecified atom stereocenters. The van der Waals surface area contributed by atoms with Crippen LogP contribution in [0.3, 0.4) is 0 Å². The van der Waals surface area contributed by atoms with Crippen LogP contribution in [-0.2, 0) is 9.59 Å². The summed E-state index contributed by atoms with van der Waals surface area (Å²) in [7, 11) is 0. The van der Waals surface area contributed by atoms with Crippen LogP contribution < -0.4 is 5.32 Å². The average molecular weight is 278 g/mol. The average Bonchev–Trinajstić information content (AvgIpc) is 2.47. The Bertz CT molecular complexity index is 388. The van der Waals surface area contributed by atoms with Crippen molar-refractivity contribution in [2.45, 2.75) is 57.9 Å². The molecule has 4 nitrogen and oxygen atoms in total. The van der Waals surface area contributed by atoms with Crippen molar-refractivity contribution in [3.63, 3.8) is 0 Å². The number of likely N-dealkylation sites (tertiary alicyclic amines) is 1. The zero-order valence-corrected chi connectivity index (χ0v) is 12.4. The lowest BCUT2D eigenvalue weighted by Gasteiger charge is -2.42. The molecule has 1 N–H and O–H groups in total. The molecule has 2 saturated heterocycles. The maximum absolute atomic E-state index is 12.6. The number of nitrogens with zero attached hydrogens (tertiary/aromatic N) is 1. The van der Waals surface area contributed by atoms with Crippen LogP contribution in [0.4, 0.5) is 0 Å². The molecule has 3 aliphatic rings. The number of nitrogens with one attached hydrogen (secondary N) is 1. The largest absolute Gasteiger partial charge is 0.353 e. The molecular formula is C16H26N2O2. The number of carbonyl (C=O) groups is 2. The highest BCUT2D eigenvalue weighted by Gasteiger charge is 2.37. The van der Waals surface area contributed by atoms with Gasteiger partial charge in [0.2, 0.25) is 11.8 Å². The zero-order chi connectivity index (χ0) is 14.1. The summed E-state index contributed by atoms with van der Waals surface area (Å²) in [4.78, 5) is 26.1. The Morgan fingerprint density at radius 3 is 2.65 bits per heavy atom. The first kappa shape index (κ1) is 13.9. The Labute approximate surface area is 121 Å². The van der Waals surface area contributed by atoms with E-state index in [1.54, 1.807) is 0 Å². The lowest BCUT2D eigenvalue weighted by Crippen LogP contribution is -2.56. The van der Waals surface area contributed by atoms with Gasteiger partial charge in [-0.1, -0.05) is 6.92 Å². The molecule has 0 bridgehead atoms. The van der Waals surface area contributed by atoms with E-state index in [2.05, 4.69) is 17.1 Å². The van der Waals surface area contributed by atoms with E-state index in [9.17, 15) is 9.59 Å². The summed E-state index contributed by atoms with van der Waals surface area (Å²) in [6.45, 7) is 3.97. The van der Waals surface area contributed by atoms with Gasteiger partial charge in [0.25, 0.3) is 0 Å². The zero-order valence-electron chi connectivity index (χ0n) is 12.4. The molecule has 2 heterocycles. The van der Waals surface area contributed by atoms with Crippen LogP contribution in [0.2, 0.25) is 0 Å². The molecule has 0 aromatic rings. The molecule has 1 aliphatic carbocycles. The summed E-state index contributed by atoms with van der Waals surface area (Å²) in [6.07, 6.45) is 7.05. The van der Waals surface area contributed by atoms with Crippen LogP contribution in [0.15, 0.2) is 0 Å². The molecule has 3 rings (SSSR count). The summed E-state index contributed by atoms with van der Waals surface area (Å²) in [6, 6.07) is 0.312. The maximum atomic E-state index is 12.6. The van der Waals surface area contributed by atoms with Gasteiger partial charge in [0.15, 0.2) is 0 Å². The van der Waals surface area contributed by atoms with Crippen molar-refractivity contribution >= 4 is 11.8 Å². The van der Waals surface area contributed by atoms with Crippen LogP contribution in [0.25, 0.3) is 0 Å². The van der Waals surface area contributed by atoms with Crippen LogP contribution in [-0.4, -0.2) is 35.8 Å². The molecule has 0 radical (unpaired) electrons. The highest BCUT2D eigenvalue weighted by molar-refractivity contribution is 5.80. The van der Waals surface area contributed by atoms with E-state index in [-0.39, 0.29) is 11.8 Å². The molecule has 1 saturated carbocycles. The standard InChI is InChI=1S/C16H26N2O2/c1-11-2-4-12(5-3-11)16(20)18-9-8-14-13(10-18)6-7-15(19)17-14/h11-14H,2-10H2,1H3,(H,17,19). The number of amides is 2. The minimum atomic E-state index is 0.187. The van der Waals surface area contributed by atoms with Gasteiger partial charge < -0.3 is 10.2 Å². The maximum Gasteiger partial charge on any atom is 0.225 e. The predicted octanol–water partition coefficient (Wildman–Crippen LogP) is 1.94. The van der Waals surface area contributed by atoms with Gasteiger partial charge in [-0.25, -0.2) is 0 Å². The van der Waals surface area contributed by atoms with E-state index in [1.165, 1.54) is 12.8 Å². The molecule has 2 atom stereocenters. The Balaban J connectivity index is 1.56. The van der Waals surface area contributed by atoms with Crippen molar-refractivity contribution in [3.8, 4) is 0 Å². The summed E-state index contributed by atoms with van der Waals surface area (Å²) >= 11 is 0. The van der Waals surface area contributed by atoms with Gasteiger partial charge in [-0.15, -0.1) is 0 Å². The number of hydrogen-bond acceptors (Lipinski definition) is 2. The molecule has 20 heavy (non-hydrogen) atoms. The third-order valence-corrected chi connectivity index (χ3v) is 5.50. The number of carbonyl (C=O) groups excluding carboxylic acids is 2. The fourth-order valence-electron chi connectivity index (χ4n) is 4.08. The van der Waals surface area contributed by atoms with Gasteiger partial charge in [0, 0.05) is 31.5 Å². The van der Waals surface area contributed by atoms with Crippen LogP contribution in [0, 0.1) is 17.8 Å². The summed E-state index contributed by atoms with van der Waals surface area (Å²) in [5.74, 6) is 2.10. The Kier molecular flexibility index (Phi) is 3.99. The molecule has 2 aliphatic heterocycles. The van der Waals surface area contributed by atoms with Gasteiger partial charge in [0.05, 0.1) is 0 Å². The minimum absolute atomic E-state index is 0.187. The second-order valence-corrected chi connectivity index (χ2v) is 7.00. The second kappa shape index (κ2) is 5.74. The van der Waals surface area contributed by atoms with Gasteiger partial charge >= 0.3 is 0 Å². The Morgan fingerprint density at radius 2 is 1.90 bits per heavy atom. The second-order valence-electron chi connectivity index (χ2n) is 7.00. The van der Waals surface area contributed by atoms with Crippen molar-refractivity contribution in [1.29, 1.82) is 0 Å². The van der Waals surface area contributed by atoms with Crippen LogP contribution in [0.5, 0.6) is 0 Å². The smallest absolute Gasteiger partial charge is 0.225 e. The summed E-state index contributed by atoms with van der Waals surface area (Å²) in [5.41, 5.74) is 0. The normalized spacial score (nSPS) is 38.0. The van der Waals surface area contributed by atoms with Gasteiger partial charge in [-0.05, 0) is 50.4 Å². The fourth-order valence-corrected chi connectivity index (χ4v) is 4.08. The number of piperidine rings is 2. The molecule has 2 amide bonds. The van der Waals surface area contributed by atoms with E-state index in [0.717, 1.165) is 44.7 Å². The quantitative estimate of drug-likeness (QED) is 0.797. The molecule has 0 aromatic carbocycles. The Hall–Kier alpha value is -1.06. The first-order valence-electron chi connectivity index (χ1n) is 8.21. The monoisotopic (exact) mass is 278 g/mol. The lowest BCUT2D eigenvalue weighted by atomic mass is 9.80. The van der Waals surface area contributed by atoms with E-state index in [0.29, 0.717) is 24.3 Å². The third-order valence-electron chi connectivity index (χ3n) is 5.50. The number of fused-ring (bicyclic) bond motifs is 1. The Morgan fingerprint density at radius 1 is 1.15 bits per heavy atom. The molecule has 4 heteroatoms. The first-order chi connectivity index (χ1) is 9.63. The van der Waals surface area contributed by atoms with E-state index >= 15 is 0 Å². The summed E-state index contributed by atoms with van der Waals surface area (Å²) in [5, 5.41) is 3.09. The van der Waals surface area contributed by atoms with Crippen molar-refractivity contribution in [2.75, 3.05) is 13.1 Å². The predicted molar refractivity (Wildman–Crippen MR) is 77.0 cm³/mol. The van der Waals surface area contributed by atoms with Crippen molar-refractivity contribution < 1.29 is 9.59 Å². The highest BCUT2D eigenvalue weighted by Crippen LogP contribution is 2.32. The van der Waals surface area contributed by atoms with Gasteiger partial charge in [-0.3, -0.25) is 9.59 Å². The van der Waals surface area contributed by atoms with E-state index < -0.39 is 0 Å². The summed E-state index contributed by atoms with van der Waals surface area (Å²) < 4.78 is 0. The number of rotatable bonds is 1. The fraction of sp³-hybridized carbons (Fsp3) is 0.875. The van der Waals surface area contributed by atoms with Gasteiger partial charge in [0.1, 0.15) is 0 Å². The lowest BCUT2D eigenvalue weighted by molar-refractivity contribution is -0.140. The third kappa shape index (κ3) is 2.84. The van der Waals surface area contributed by atoms with Gasteiger partial charge in [-0.2, -0.15) is 0 Å². The molecule has 3 fully saturated rings. The SMILES string of the molecule is CC1CCC(C(=O)N2CCC3NC(=O)CCC3C2)CC1. The molecule has 0 aromatic heterocycles. The van der Waals surface area contributed by atoms with Crippen molar-refractivity contribution in [2.24, 2.45) is 17.8 Å². The first-order valence-corrected chi connectivity index (χ1v) is 8.21. The number of hydrogen-bond donors (Lipinski definition) is 1.